The first-order chi connectivity index (χ1) is 19.1. The van der Waals surface area contributed by atoms with E-state index >= 15 is 0 Å². The van der Waals surface area contributed by atoms with Gasteiger partial charge in [0.15, 0.2) is 6.04 Å². The van der Waals surface area contributed by atoms with E-state index in [0.717, 1.165) is 11.1 Å². The number of esters is 2. The Kier molecular flexibility index (Phi) is 9.58. The quantitative estimate of drug-likeness (QED) is 0.477. The van der Waals surface area contributed by atoms with Crippen LogP contribution in [0.1, 0.15) is 64.0 Å². The maximum absolute atomic E-state index is 13.9. The van der Waals surface area contributed by atoms with Gasteiger partial charge in [0, 0.05) is 13.0 Å². The number of nitrogens with one attached hydrogen (secondary N) is 1. The predicted octanol–water partition coefficient (Wildman–Crippen LogP) is 3.56. The average Bonchev–Trinajstić information content (AvgIpc) is 3.06. The van der Waals surface area contributed by atoms with Crippen LogP contribution in [0.4, 0.5) is 0 Å². The second-order valence-corrected chi connectivity index (χ2v) is 11.3. The van der Waals surface area contributed by atoms with Gasteiger partial charge < -0.3 is 9.47 Å². The smallest absolute Gasteiger partial charge is 0.331 e. The van der Waals surface area contributed by atoms with Gasteiger partial charge in [-0.15, -0.1) is 0 Å². The summed E-state index contributed by atoms with van der Waals surface area (Å²) >= 11 is 0. The fourth-order valence-corrected chi connectivity index (χ4v) is 5.07. The lowest BCUT2D eigenvalue weighted by molar-refractivity contribution is -0.188. The van der Waals surface area contributed by atoms with Gasteiger partial charge in [-0.25, -0.2) is 9.80 Å². The molecule has 2 amide bonds. The normalized spacial score (nSPS) is 20.4. The highest BCUT2D eigenvalue weighted by Gasteiger charge is 2.46. The van der Waals surface area contributed by atoms with Crippen molar-refractivity contribution in [1.29, 1.82) is 0 Å². The summed E-state index contributed by atoms with van der Waals surface area (Å²) in [6, 6.07) is 16.6. The van der Waals surface area contributed by atoms with Gasteiger partial charge in [0.05, 0.1) is 6.04 Å². The van der Waals surface area contributed by atoms with E-state index in [1.54, 1.807) is 20.8 Å². The third-order valence-corrected chi connectivity index (χ3v) is 7.02. The molecule has 2 aliphatic rings. The zero-order valence-electron chi connectivity index (χ0n) is 23.5. The van der Waals surface area contributed by atoms with Gasteiger partial charge in [0.2, 0.25) is 5.91 Å². The SMILES string of the molecule is CC(C)(C)OC(=O)C1CCCN2C(=O)CCC(NC(CCc3ccccc3)C(=O)OCc3ccccc3)C(=O)N12. The summed E-state index contributed by atoms with van der Waals surface area (Å²) in [6.45, 7) is 5.77. The molecule has 40 heavy (non-hydrogen) atoms. The maximum Gasteiger partial charge on any atom is 0.331 e. The van der Waals surface area contributed by atoms with E-state index in [1.807, 2.05) is 60.7 Å². The Hall–Kier alpha value is -3.72. The van der Waals surface area contributed by atoms with E-state index in [4.69, 9.17) is 9.47 Å². The first-order valence-electron chi connectivity index (χ1n) is 14.0. The lowest BCUT2D eigenvalue weighted by Gasteiger charge is -2.43. The molecule has 2 fully saturated rings. The Labute approximate surface area is 235 Å². The fourth-order valence-electron chi connectivity index (χ4n) is 5.07. The molecular formula is C31H39N3O6. The number of amides is 2. The molecule has 0 saturated carbocycles. The van der Waals surface area contributed by atoms with Gasteiger partial charge in [-0.2, -0.15) is 0 Å². The summed E-state index contributed by atoms with van der Waals surface area (Å²) in [4.78, 5) is 53.4. The van der Waals surface area contributed by atoms with E-state index in [1.165, 1.54) is 10.0 Å². The van der Waals surface area contributed by atoms with Crippen LogP contribution in [-0.4, -0.2) is 64.0 Å². The van der Waals surface area contributed by atoms with Gasteiger partial charge in [-0.1, -0.05) is 60.7 Å². The van der Waals surface area contributed by atoms with Crippen LogP contribution >= 0.6 is 0 Å². The van der Waals surface area contributed by atoms with Gasteiger partial charge >= 0.3 is 11.9 Å². The minimum Gasteiger partial charge on any atom is -0.460 e. The Morgan fingerprint density at radius 2 is 1.62 bits per heavy atom. The van der Waals surface area contributed by atoms with Crippen LogP contribution in [0.25, 0.3) is 0 Å². The van der Waals surface area contributed by atoms with Crippen LogP contribution in [0.15, 0.2) is 60.7 Å². The average molecular weight is 550 g/mol. The molecule has 2 aliphatic heterocycles. The summed E-state index contributed by atoms with van der Waals surface area (Å²) in [6.07, 6.45) is 2.30. The molecule has 2 saturated heterocycles. The van der Waals surface area contributed by atoms with Gasteiger partial charge in [-0.05, 0) is 64.0 Å². The molecule has 0 spiro atoms. The third kappa shape index (κ3) is 7.69. The van der Waals surface area contributed by atoms with Crippen molar-refractivity contribution in [1.82, 2.24) is 15.3 Å². The first-order valence-corrected chi connectivity index (χ1v) is 14.0. The summed E-state index contributed by atoms with van der Waals surface area (Å²) in [5.74, 6) is -1.65. The van der Waals surface area contributed by atoms with Crippen LogP contribution in [0.3, 0.4) is 0 Å². The largest absolute Gasteiger partial charge is 0.460 e. The van der Waals surface area contributed by atoms with Crippen LogP contribution in [0.2, 0.25) is 0 Å². The van der Waals surface area contributed by atoms with E-state index in [0.29, 0.717) is 32.2 Å². The molecule has 1 N–H and O–H groups in total. The molecule has 9 heteroatoms. The molecule has 3 atom stereocenters. The number of carbonyl (C=O) groups is 4. The summed E-state index contributed by atoms with van der Waals surface area (Å²) < 4.78 is 11.3. The van der Waals surface area contributed by atoms with Gasteiger partial charge in [0.25, 0.3) is 5.91 Å². The minimum atomic E-state index is -0.903. The van der Waals surface area contributed by atoms with Crippen LogP contribution in [0, 0.1) is 0 Å². The predicted molar refractivity (Wildman–Crippen MR) is 148 cm³/mol. The maximum atomic E-state index is 13.9. The van der Waals surface area contributed by atoms with E-state index in [-0.39, 0.29) is 25.4 Å². The number of fused-ring (bicyclic) bond motifs is 1. The molecule has 2 heterocycles. The van der Waals surface area contributed by atoms with Crippen LogP contribution < -0.4 is 5.32 Å². The van der Waals surface area contributed by atoms with Crippen molar-refractivity contribution < 1.29 is 28.7 Å². The topological polar surface area (TPSA) is 105 Å². The van der Waals surface area contributed by atoms with Crippen molar-refractivity contribution in [2.24, 2.45) is 0 Å². The van der Waals surface area contributed by atoms with Crippen molar-refractivity contribution in [3.63, 3.8) is 0 Å². The number of nitrogens with zero attached hydrogens (tertiary/aromatic N) is 2. The number of hydrazine groups is 1. The molecule has 9 nitrogen and oxygen atoms in total. The van der Waals surface area contributed by atoms with Crippen LogP contribution in [0.5, 0.6) is 0 Å². The number of aryl methyl sites for hydroxylation is 1. The summed E-state index contributed by atoms with van der Waals surface area (Å²) in [5, 5.41) is 5.87. The molecule has 0 bridgehead atoms. The van der Waals surface area contributed by atoms with Gasteiger partial charge in [-0.3, -0.25) is 24.7 Å². The first kappa shape index (κ1) is 29.3. The Balaban J connectivity index is 1.53. The Morgan fingerprint density at radius 1 is 0.975 bits per heavy atom. The number of hydrogen-bond acceptors (Lipinski definition) is 7. The highest BCUT2D eigenvalue weighted by atomic mass is 16.6. The van der Waals surface area contributed by atoms with Crippen molar-refractivity contribution in [3.8, 4) is 0 Å². The highest BCUT2D eigenvalue weighted by Crippen LogP contribution is 2.27. The lowest BCUT2D eigenvalue weighted by atomic mass is 10.0. The molecule has 3 unspecified atom stereocenters. The summed E-state index contributed by atoms with van der Waals surface area (Å²) in [5.41, 5.74) is 1.18. The Bertz CT molecular complexity index is 1180. The molecule has 214 valence electrons. The number of carbonyl (C=O) groups excluding carboxylic acids is 4. The lowest BCUT2D eigenvalue weighted by Crippen LogP contribution is -2.63. The summed E-state index contributed by atoms with van der Waals surface area (Å²) in [7, 11) is 0. The molecule has 0 radical (unpaired) electrons. The van der Waals surface area contributed by atoms with Crippen LogP contribution in [-0.2, 0) is 41.7 Å². The molecular weight excluding hydrogens is 510 g/mol. The standard InChI is InChI=1S/C31H39N3O6/c1-31(2,3)40-30(38)26-15-10-20-33-27(35)19-18-24(28(36)34(26)33)32-25(17-16-22-11-6-4-7-12-22)29(37)39-21-23-13-8-5-9-14-23/h4-9,11-14,24-26,32H,10,15-21H2,1-3H3. The number of benzene rings is 2. The monoisotopic (exact) mass is 549 g/mol. The number of hydrogen-bond donors (Lipinski definition) is 1. The fraction of sp³-hybridized carbons (Fsp3) is 0.484. The van der Waals surface area contributed by atoms with E-state index in [9.17, 15) is 19.2 Å². The number of rotatable bonds is 9. The van der Waals surface area contributed by atoms with Crippen molar-refractivity contribution in [3.05, 3.63) is 71.8 Å². The second kappa shape index (κ2) is 13.1. The molecule has 0 aliphatic carbocycles. The molecule has 0 aromatic heterocycles. The molecule has 2 aromatic carbocycles. The number of ether oxygens (including phenoxy) is 2. The minimum absolute atomic E-state index is 0.112. The van der Waals surface area contributed by atoms with Crippen molar-refractivity contribution >= 4 is 23.8 Å². The Morgan fingerprint density at radius 3 is 2.27 bits per heavy atom. The van der Waals surface area contributed by atoms with E-state index < -0.39 is 41.6 Å². The van der Waals surface area contributed by atoms with Crippen molar-refractivity contribution in [2.75, 3.05) is 6.54 Å². The third-order valence-electron chi connectivity index (χ3n) is 7.02. The van der Waals surface area contributed by atoms with Crippen molar-refractivity contribution in [2.45, 2.75) is 89.6 Å². The molecule has 4 rings (SSSR count). The zero-order chi connectivity index (χ0) is 28.7. The van der Waals surface area contributed by atoms with E-state index in [2.05, 4.69) is 5.32 Å². The van der Waals surface area contributed by atoms with Gasteiger partial charge in [0.1, 0.15) is 18.2 Å². The highest BCUT2D eigenvalue weighted by molar-refractivity contribution is 5.92. The second-order valence-electron chi connectivity index (χ2n) is 11.3. The zero-order valence-corrected chi connectivity index (χ0v) is 23.5. The molecule has 2 aromatic rings.